The van der Waals surface area contributed by atoms with Gasteiger partial charge in [0.1, 0.15) is 0 Å². The first-order valence-electron chi connectivity index (χ1n) is 7.98. The van der Waals surface area contributed by atoms with Crippen molar-refractivity contribution in [2.45, 2.75) is 46.0 Å². The molecule has 17 heavy (non-hydrogen) atoms. The first-order valence-corrected chi connectivity index (χ1v) is 7.98. The zero-order valence-electron chi connectivity index (χ0n) is 11.2. The molecule has 4 bridgehead atoms. The molecule has 0 heteroatoms. The topological polar surface area (TPSA) is 0 Å². The van der Waals surface area contributed by atoms with Gasteiger partial charge in [-0.15, -0.1) is 0 Å². The average molecular weight is 228 g/mol. The van der Waals surface area contributed by atoms with Gasteiger partial charge in [-0.3, -0.25) is 0 Å². The van der Waals surface area contributed by atoms with E-state index in [9.17, 15) is 0 Å². The molecule has 8 atom stereocenters. The van der Waals surface area contributed by atoms with Gasteiger partial charge in [0, 0.05) is 0 Å². The Morgan fingerprint density at radius 3 is 3.06 bits per heavy atom. The predicted octanol–water partition coefficient (Wildman–Crippen LogP) is 4.27. The van der Waals surface area contributed by atoms with Crippen LogP contribution in [0.25, 0.3) is 0 Å². The molecule has 0 heterocycles. The van der Waals surface area contributed by atoms with E-state index in [0.717, 1.165) is 46.8 Å². The molecule has 8 unspecified atom stereocenters. The summed E-state index contributed by atoms with van der Waals surface area (Å²) in [5.41, 5.74) is 2.74. The van der Waals surface area contributed by atoms with Gasteiger partial charge >= 0.3 is 0 Å². The first-order chi connectivity index (χ1) is 8.27. The lowest BCUT2D eigenvalue weighted by atomic mass is 9.56. The van der Waals surface area contributed by atoms with E-state index >= 15 is 0 Å². The largest absolute Gasteiger partial charge is 0.0816 e. The molecule has 0 aliphatic heterocycles. The van der Waals surface area contributed by atoms with Gasteiger partial charge in [0.25, 0.3) is 0 Å². The monoisotopic (exact) mass is 228 g/mol. The molecule has 5 rings (SSSR count). The highest BCUT2D eigenvalue weighted by Gasteiger charge is 2.73. The van der Waals surface area contributed by atoms with Crippen molar-refractivity contribution in [2.24, 2.45) is 46.8 Å². The van der Waals surface area contributed by atoms with Gasteiger partial charge in [-0.25, -0.2) is 0 Å². The molecule has 4 fully saturated rings. The molecule has 5 aliphatic carbocycles. The van der Waals surface area contributed by atoms with Gasteiger partial charge < -0.3 is 0 Å². The molecule has 0 radical (unpaired) electrons. The van der Waals surface area contributed by atoms with Gasteiger partial charge in [0.2, 0.25) is 0 Å². The molecule has 5 aliphatic rings. The zero-order valence-corrected chi connectivity index (χ0v) is 11.2. The van der Waals surface area contributed by atoms with Crippen LogP contribution in [0, 0.1) is 46.8 Å². The molecular formula is C17H24. The van der Waals surface area contributed by atoms with Crippen LogP contribution >= 0.6 is 0 Å². The third kappa shape index (κ3) is 0.780. The molecule has 0 N–H and O–H groups in total. The molecule has 0 aromatic rings. The van der Waals surface area contributed by atoms with Crippen LogP contribution in [-0.2, 0) is 0 Å². The van der Waals surface area contributed by atoms with Crippen molar-refractivity contribution in [3.63, 3.8) is 0 Å². The quantitative estimate of drug-likeness (QED) is 0.588. The standard InChI is InChI=1S/C17H24/c1-3-12-9(2)13-8-15(12)17-5-4-10-6-11(16(13)17)7-14(10)17/h6,9,11-16H,3-5,7-8H2,1-2H3. The number of fused-ring (bicyclic) bond motifs is 5. The van der Waals surface area contributed by atoms with E-state index in [0.29, 0.717) is 0 Å². The second-order valence-electron chi connectivity index (χ2n) is 7.77. The van der Waals surface area contributed by atoms with Crippen LogP contribution in [0.5, 0.6) is 0 Å². The Kier molecular flexibility index (Phi) is 1.52. The Labute approximate surface area is 105 Å². The molecule has 4 saturated carbocycles. The average Bonchev–Trinajstić information content (AvgIpc) is 3.01. The Morgan fingerprint density at radius 2 is 2.24 bits per heavy atom. The van der Waals surface area contributed by atoms with Crippen molar-refractivity contribution in [1.82, 2.24) is 0 Å². The second kappa shape index (κ2) is 2.68. The van der Waals surface area contributed by atoms with E-state index in [-0.39, 0.29) is 0 Å². The lowest BCUT2D eigenvalue weighted by Gasteiger charge is -2.48. The number of allylic oxidation sites excluding steroid dienone is 2. The summed E-state index contributed by atoms with van der Waals surface area (Å²) in [5.74, 6) is 7.56. The smallest absolute Gasteiger partial charge is 0.0135 e. The molecular weight excluding hydrogens is 204 g/mol. The van der Waals surface area contributed by atoms with Crippen molar-refractivity contribution >= 4 is 0 Å². The van der Waals surface area contributed by atoms with Crippen LogP contribution in [-0.4, -0.2) is 0 Å². The van der Waals surface area contributed by atoms with Gasteiger partial charge in [0.05, 0.1) is 0 Å². The van der Waals surface area contributed by atoms with Crippen LogP contribution in [0.4, 0.5) is 0 Å². The summed E-state index contributed by atoms with van der Waals surface area (Å²) in [6.07, 6.45) is 10.4. The van der Waals surface area contributed by atoms with E-state index < -0.39 is 0 Å². The van der Waals surface area contributed by atoms with Crippen molar-refractivity contribution in [3.05, 3.63) is 11.6 Å². The summed E-state index contributed by atoms with van der Waals surface area (Å²) in [4.78, 5) is 0. The van der Waals surface area contributed by atoms with Crippen LogP contribution in [0.3, 0.4) is 0 Å². The van der Waals surface area contributed by atoms with Crippen molar-refractivity contribution < 1.29 is 0 Å². The van der Waals surface area contributed by atoms with Crippen molar-refractivity contribution in [1.29, 1.82) is 0 Å². The van der Waals surface area contributed by atoms with Crippen LogP contribution in [0.2, 0.25) is 0 Å². The highest BCUT2D eigenvalue weighted by molar-refractivity contribution is 5.37. The summed E-state index contributed by atoms with van der Waals surface area (Å²) in [5, 5.41) is 0. The van der Waals surface area contributed by atoms with E-state index in [1.54, 1.807) is 19.3 Å². The predicted molar refractivity (Wildman–Crippen MR) is 69.4 cm³/mol. The minimum Gasteiger partial charge on any atom is -0.0816 e. The Hall–Kier alpha value is -0.260. The van der Waals surface area contributed by atoms with E-state index in [1.165, 1.54) is 12.8 Å². The van der Waals surface area contributed by atoms with Gasteiger partial charge in [-0.1, -0.05) is 31.9 Å². The lowest BCUT2D eigenvalue weighted by molar-refractivity contribution is 0.00472. The molecule has 92 valence electrons. The summed E-state index contributed by atoms with van der Waals surface area (Å²) in [7, 11) is 0. The Bertz CT molecular complexity index is 420. The summed E-state index contributed by atoms with van der Waals surface area (Å²) < 4.78 is 0. The maximum absolute atomic E-state index is 2.73. The third-order valence-electron chi connectivity index (χ3n) is 7.98. The Morgan fingerprint density at radius 1 is 1.35 bits per heavy atom. The van der Waals surface area contributed by atoms with E-state index in [1.807, 2.05) is 5.57 Å². The van der Waals surface area contributed by atoms with Crippen LogP contribution in [0.1, 0.15) is 46.0 Å². The maximum Gasteiger partial charge on any atom is -0.0135 e. The lowest BCUT2D eigenvalue weighted by Crippen LogP contribution is -2.43. The number of hydrogen-bond donors (Lipinski definition) is 0. The third-order valence-corrected chi connectivity index (χ3v) is 7.98. The number of rotatable bonds is 1. The molecule has 0 saturated heterocycles. The fraction of sp³-hybridized carbons (Fsp3) is 0.882. The second-order valence-corrected chi connectivity index (χ2v) is 7.77. The zero-order chi connectivity index (χ0) is 11.4. The summed E-state index contributed by atoms with van der Waals surface area (Å²) >= 11 is 0. The van der Waals surface area contributed by atoms with E-state index in [2.05, 4.69) is 19.9 Å². The number of hydrogen-bond acceptors (Lipinski definition) is 0. The van der Waals surface area contributed by atoms with E-state index in [4.69, 9.17) is 0 Å². The summed E-state index contributed by atoms with van der Waals surface area (Å²) in [6, 6.07) is 0. The minimum absolute atomic E-state index is 0.840. The molecule has 1 spiro atoms. The minimum atomic E-state index is 0.840. The van der Waals surface area contributed by atoms with Gasteiger partial charge in [0.15, 0.2) is 0 Å². The fourth-order valence-corrected chi connectivity index (χ4v) is 7.81. The van der Waals surface area contributed by atoms with Crippen molar-refractivity contribution in [3.8, 4) is 0 Å². The SMILES string of the molecule is CCC1C(C)C2CC1C13CCC4=CC(CC41)C23. The molecule has 0 aromatic heterocycles. The van der Waals surface area contributed by atoms with Crippen molar-refractivity contribution in [2.75, 3.05) is 0 Å². The highest BCUT2D eigenvalue weighted by Crippen LogP contribution is 2.80. The normalized spacial score (nSPS) is 65.5. The summed E-state index contributed by atoms with van der Waals surface area (Å²) in [6.45, 7) is 5.03. The van der Waals surface area contributed by atoms with Gasteiger partial charge in [-0.05, 0) is 72.5 Å². The molecule has 0 nitrogen and oxygen atoms in total. The van der Waals surface area contributed by atoms with Gasteiger partial charge in [-0.2, -0.15) is 0 Å². The molecule has 0 amide bonds. The first kappa shape index (κ1) is 9.64. The van der Waals surface area contributed by atoms with Crippen LogP contribution < -0.4 is 0 Å². The highest BCUT2D eigenvalue weighted by atomic mass is 14.8. The Balaban J connectivity index is 1.69. The fourth-order valence-electron chi connectivity index (χ4n) is 7.81. The maximum atomic E-state index is 2.73. The van der Waals surface area contributed by atoms with Crippen LogP contribution in [0.15, 0.2) is 11.6 Å². The molecule has 0 aromatic carbocycles.